The van der Waals surface area contributed by atoms with Gasteiger partial charge in [0.1, 0.15) is 5.69 Å². The largest absolute Gasteiger partial charge is 0.225 e. The molecule has 25 heavy (non-hydrogen) atoms. The summed E-state index contributed by atoms with van der Waals surface area (Å²) in [6.45, 7) is 0. The smallest absolute Gasteiger partial charge is 0.217 e. The highest BCUT2D eigenvalue weighted by molar-refractivity contribution is 7.91. The molecule has 0 saturated carbocycles. The predicted molar refractivity (Wildman–Crippen MR) is 86.3 cm³/mol. The van der Waals surface area contributed by atoms with Crippen LogP contribution in [-0.4, -0.2) is 18.6 Å². The number of aromatic nitrogens is 2. The molecule has 0 unspecified atom stereocenters. The van der Waals surface area contributed by atoms with Gasteiger partial charge in [0.25, 0.3) is 0 Å². The van der Waals surface area contributed by atoms with E-state index in [1.54, 1.807) is 18.2 Å². The van der Waals surface area contributed by atoms with Crippen LogP contribution in [0.25, 0.3) is 0 Å². The van der Waals surface area contributed by atoms with Crippen molar-refractivity contribution >= 4 is 9.84 Å². The second kappa shape index (κ2) is 6.79. The summed E-state index contributed by atoms with van der Waals surface area (Å²) in [5, 5.41) is 7.25. The Balaban J connectivity index is 1.86. The van der Waals surface area contributed by atoms with Crippen LogP contribution < -0.4 is 0 Å². The van der Waals surface area contributed by atoms with Crippen molar-refractivity contribution < 1.29 is 17.2 Å². The molecule has 0 aliphatic carbocycles. The lowest BCUT2D eigenvalue weighted by Gasteiger charge is -2.02. The summed E-state index contributed by atoms with van der Waals surface area (Å²) >= 11 is 0. The Morgan fingerprint density at radius 1 is 0.800 bits per heavy atom. The van der Waals surface area contributed by atoms with Gasteiger partial charge in [-0.2, -0.15) is 0 Å². The van der Waals surface area contributed by atoms with Crippen LogP contribution in [0.3, 0.4) is 0 Å². The van der Waals surface area contributed by atoms with E-state index in [-0.39, 0.29) is 21.2 Å². The first-order valence-corrected chi connectivity index (χ1v) is 8.56. The van der Waals surface area contributed by atoms with E-state index < -0.39 is 21.5 Å². The standard InChI is InChI=1S/C18H10F2N2O2S/c19-16-10-7-13(12-17(16)20)6-8-14-9-11-18(22-21-14)25(23,24)15-4-2-1-3-5-15/h1-5,7,9-12H. The van der Waals surface area contributed by atoms with Crippen molar-refractivity contribution in [2.75, 3.05) is 0 Å². The van der Waals surface area contributed by atoms with Crippen molar-refractivity contribution in [1.82, 2.24) is 10.2 Å². The quantitative estimate of drug-likeness (QED) is 0.663. The van der Waals surface area contributed by atoms with Crippen molar-refractivity contribution in [3.8, 4) is 11.8 Å². The van der Waals surface area contributed by atoms with E-state index in [4.69, 9.17) is 0 Å². The minimum absolute atomic E-state index is 0.116. The summed E-state index contributed by atoms with van der Waals surface area (Å²) < 4.78 is 50.7. The summed E-state index contributed by atoms with van der Waals surface area (Å²) in [6.07, 6.45) is 0. The highest BCUT2D eigenvalue weighted by Crippen LogP contribution is 2.17. The number of nitrogens with zero attached hydrogens (tertiary/aromatic N) is 2. The predicted octanol–water partition coefficient (Wildman–Crippen LogP) is 2.99. The van der Waals surface area contributed by atoms with Crippen LogP contribution in [-0.2, 0) is 9.84 Å². The third kappa shape index (κ3) is 3.70. The molecule has 7 heteroatoms. The Morgan fingerprint density at radius 2 is 1.56 bits per heavy atom. The van der Waals surface area contributed by atoms with Gasteiger partial charge >= 0.3 is 0 Å². The van der Waals surface area contributed by atoms with Crippen LogP contribution in [0.5, 0.6) is 0 Å². The molecule has 0 saturated heterocycles. The third-order valence-electron chi connectivity index (χ3n) is 3.22. The van der Waals surface area contributed by atoms with E-state index in [1.165, 1.54) is 30.3 Å². The molecule has 0 spiro atoms. The topological polar surface area (TPSA) is 59.9 Å². The molecule has 3 aromatic rings. The van der Waals surface area contributed by atoms with E-state index >= 15 is 0 Å². The summed E-state index contributed by atoms with van der Waals surface area (Å²) in [7, 11) is -3.75. The summed E-state index contributed by atoms with van der Waals surface area (Å²) in [5.74, 6) is 3.27. The van der Waals surface area contributed by atoms with Crippen molar-refractivity contribution in [2.45, 2.75) is 9.92 Å². The van der Waals surface area contributed by atoms with Crippen LogP contribution >= 0.6 is 0 Å². The lowest BCUT2D eigenvalue weighted by Crippen LogP contribution is -2.05. The van der Waals surface area contributed by atoms with Crippen molar-refractivity contribution in [2.24, 2.45) is 0 Å². The second-order valence-corrected chi connectivity index (χ2v) is 6.85. The average Bonchev–Trinajstić information content (AvgIpc) is 2.64. The number of benzene rings is 2. The molecule has 3 rings (SSSR count). The van der Waals surface area contributed by atoms with E-state index in [2.05, 4.69) is 22.0 Å². The van der Waals surface area contributed by atoms with Gasteiger partial charge in [-0.05, 0) is 48.4 Å². The molecule has 0 amide bonds. The van der Waals surface area contributed by atoms with E-state index in [0.29, 0.717) is 0 Å². The second-order valence-electron chi connectivity index (χ2n) is 4.95. The average molecular weight is 356 g/mol. The Labute approximate surface area is 143 Å². The highest BCUT2D eigenvalue weighted by atomic mass is 32.2. The van der Waals surface area contributed by atoms with Crippen LogP contribution in [0, 0.1) is 23.5 Å². The molecule has 0 atom stereocenters. The Kier molecular flexibility index (Phi) is 4.55. The molecule has 4 nitrogen and oxygen atoms in total. The molecule has 2 aromatic carbocycles. The highest BCUT2D eigenvalue weighted by Gasteiger charge is 2.19. The first-order chi connectivity index (χ1) is 12.0. The molecule has 1 heterocycles. The van der Waals surface area contributed by atoms with Crippen molar-refractivity contribution in [3.05, 3.63) is 83.6 Å². The van der Waals surface area contributed by atoms with Crippen molar-refractivity contribution in [1.29, 1.82) is 0 Å². The molecule has 0 N–H and O–H groups in total. The maximum atomic E-state index is 13.1. The van der Waals surface area contributed by atoms with E-state index in [9.17, 15) is 17.2 Å². The Bertz CT molecular complexity index is 1070. The van der Waals surface area contributed by atoms with Crippen LogP contribution in [0.15, 0.2) is 70.6 Å². The zero-order valence-corrected chi connectivity index (χ0v) is 13.5. The van der Waals surface area contributed by atoms with Gasteiger partial charge in [-0.3, -0.25) is 0 Å². The maximum Gasteiger partial charge on any atom is 0.225 e. The SMILES string of the molecule is O=S(=O)(c1ccccc1)c1ccc(C#Cc2ccc(F)c(F)c2)nn1. The Morgan fingerprint density at radius 3 is 2.20 bits per heavy atom. The number of hydrogen-bond acceptors (Lipinski definition) is 4. The molecule has 0 bridgehead atoms. The molecule has 124 valence electrons. The van der Waals surface area contributed by atoms with E-state index in [1.807, 2.05) is 0 Å². The zero-order valence-electron chi connectivity index (χ0n) is 12.6. The van der Waals surface area contributed by atoms with Gasteiger partial charge in [-0.15, -0.1) is 10.2 Å². The monoisotopic (exact) mass is 356 g/mol. The summed E-state index contributed by atoms with van der Waals surface area (Å²) in [4.78, 5) is 0.116. The Hall–Kier alpha value is -3.11. The van der Waals surface area contributed by atoms with Gasteiger partial charge in [0, 0.05) is 5.56 Å². The number of halogens is 2. The maximum absolute atomic E-state index is 13.1. The number of rotatable bonds is 2. The lowest BCUT2D eigenvalue weighted by atomic mass is 10.2. The first kappa shape index (κ1) is 16.7. The zero-order chi connectivity index (χ0) is 17.9. The fourth-order valence-corrected chi connectivity index (χ4v) is 3.11. The van der Waals surface area contributed by atoms with Crippen LogP contribution in [0.1, 0.15) is 11.3 Å². The van der Waals surface area contributed by atoms with Crippen molar-refractivity contribution in [3.63, 3.8) is 0 Å². The van der Waals surface area contributed by atoms with Crippen LogP contribution in [0.2, 0.25) is 0 Å². The molecule has 0 fully saturated rings. The first-order valence-electron chi connectivity index (χ1n) is 7.08. The fraction of sp³-hybridized carbons (Fsp3) is 0. The molecular formula is C18H10F2N2O2S. The third-order valence-corrected chi connectivity index (χ3v) is 4.88. The van der Waals surface area contributed by atoms with Crippen LogP contribution in [0.4, 0.5) is 8.78 Å². The molecule has 0 radical (unpaired) electrons. The number of sulfone groups is 1. The van der Waals surface area contributed by atoms with Gasteiger partial charge in [0.05, 0.1) is 4.90 Å². The summed E-state index contributed by atoms with van der Waals surface area (Å²) in [6, 6.07) is 13.8. The van der Waals surface area contributed by atoms with Gasteiger partial charge in [0.15, 0.2) is 16.7 Å². The fourth-order valence-electron chi connectivity index (χ4n) is 1.96. The van der Waals surface area contributed by atoms with Gasteiger partial charge in [-0.25, -0.2) is 17.2 Å². The minimum Gasteiger partial charge on any atom is -0.217 e. The molecule has 1 aromatic heterocycles. The number of hydrogen-bond donors (Lipinski definition) is 0. The molecular weight excluding hydrogens is 346 g/mol. The molecule has 0 aliphatic heterocycles. The normalized spacial score (nSPS) is 10.8. The lowest BCUT2D eigenvalue weighted by molar-refractivity contribution is 0.508. The summed E-state index contributed by atoms with van der Waals surface area (Å²) in [5.41, 5.74) is 0.471. The van der Waals surface area contributed by atoms with Gasteiger partial charge in [0.2, 0.25) is 9.84 Å². The van der Waals surface area contributed by atoms with E-state index in [0.717, 1.165) is 12.1 Å². The minimum atomic E-state index is -3.75. The van der Waals surface area contributed by atoms with Gasteiger partial charge in [-0.1, -0.05) is 24.1 Å². The van der Waals surface area contributed by atoms with Gasteiger partial charge < -0.3 is 0 Å². The molecule has 0 aliphatic rings.